The molecule has 3 unspecified atom stereocenters. The van der Waals surface area contributed by atoms with Gasteiger partial charge in [0.05, 0.1) is 11.7 Å². The van der Waals surface area contributed by atoms with E-state index in [2.05, 4.69) is 17.2 Å². The predicted octanol–water partition coefficient (Wildman–Crippen LogP) is 3.81. The van der Waals surface area contributed by atoms with E-state index >= 15 is 0 Å². The van der Waals surface area contributed by atoms with Crippen molar-refractivity contribution in [3.8, 4) is 10.4 Å². The quantitative estimate of drug-likeness (QED) is 0.566. The van der Waals surface area contributed by atoms with Gasteiger partial charge in [0, 0.05) is 21.9 Å². The van der Waals surface area contributed by atoms with E-state index in [1.54, 1.807) is 18.3 Å². The molecule has 1 N–H and O–H groups in total. The number of nitrogens with one attached hydrogen (secondary N) is 1. The zero-order valence-electron chi connectivity index (χ0n) is 17.5. The lowest BCUT2D eigenvalue weighted by molar-refractivity contribution is -0.155. The fraction of sp³-hybridized carbons (Fsp3) is 0.455. The Kier molecular flexibility index (Phi) is 6.52. The molecule has 3 aromatic rings. The Morgan fingerprint density at radius 3 is 2.87 bits per heavy atom. The van der Waals surface area contributed by atoms with Crippen molar-refractivity contribution in [2.45, 2.75) is 58.2 Å². The molecular weight excluding hydrogens is 434 g/mol. The third kappa shape index (κ3) is 4.72. The number of fused-ring (bicyclic) bond motifs is 1. The van der Waals surface area contributed by atoms with E-state index in [1.165, 1.54) is 28.7 Å². The molecule has 1 amide bonds. The minimum atomic E-state index is -0.920. The lowest BCUT2D eigenvalue weighted by atomic mass is 9.86. The van der Waals surface area contributed by atoms with E-state index in [9.17, 15) is 14.4 Å². The molecule has 3 aromatic heterocycles. The van der Waals surface area contributed by atoms with Gasteiger partial charge in [-0.2, -0.15) is 0 Å². The number of carbonyl (C=O) groups is 2. The Bertz CT molecular complexity index is 1140. The number of hydrogen-bond acceptors (Lipinski definition) is 7. The topological polar surface area (TPSA) is 90.3 Å². The number of carbonyl (C=O) groups excluding carboxylic acids is 2. The third-order valence-corrected chi connectivity index (χ3v) is 7.55. The fourth-order valence-corrected chi connectivity index (χ4v) is 5.67. The molecule has 0 spiro atoms. The highest BCUT2D eigenvalue weighted by atomic mass is 32.1. The van der Waals surface area contributed by atoms with Gasteiger partial charge in [-0.3, -0.25) is 19.0 Å². The number of hydrogen-bond donors (Lipinski definition) is 1. The lowest BCUT2D eigenvalue weighted by Crippen LogP contribution is -2.46. The van der Waals surface area contributed by atoms with Crippen LogP contribution in [0.1, 0.15) is 39.5 Å². The van der Waals surface area contributed by atoms with E-state index in [-0.39, 0.29) is 24.1 Å². The standard InChI is InChI=1S/C22H25N3O4S2/c1-13-6-3-4-7-16(13)24-20(27)14(2)29-18(26)10-25-12-23-21-19(22(25)28)15(11-31-21)17-8-5-9-30-17/h5,8-9,11-14,16H,3-4,6-7,10H2,1-2H3,(H,24,27). The van der Waals surface area contributed by atoms with Gasteiger partial charge in [-0.1, -0.05) is 25.8 Å². The van der Waals surface area contributed by atoms with Gasteiger partial charge in [-0.25, -0.2) is 4.98 Å². The van der Waals surface area contributed by atoms with E-state index in [4.69, 9.17) is 4.74 Å². The Morgan fingerprint density at radius 1 is 1.32 bits per heavy atom. The molecule has 1 aliphatic rings. The molecule has 1 aliphatic carbocycles. The van der Waals surface area contributed by atoms with Crippen LogP contribution in [-0.2, 0) is 20.9 Å². The first-order valence-electron chi connectivity index (χ1n) is 10.4. The van der Waals surface area contributed by atoms with Crippen LogP contribution in [0.2, 0.25) is 0 Å². The molecule has 3 heterocycles. The Hall–Kier alpha value is -2.52. The van der Waals surface area contributed by atoms with E-state index < -0.39 is 12.1 Å². The molecule has 7 nitrogen and oxygen atoms in total. The first-order valence-corrected chi connectivity index (χ1v) is 12.2. The van der Waals surface area contributed by atoms with Gasteiger partial charge in [0.1, 0.15) is 11.4 Å². The molecule has 0 aromatic carbocycles. The second-order valence-electron chi connectivity index (χ2n) is 7.99. The number of esters is 1. The van der Waals surface area contributed by atoms with Crippen LogP contribution >= 0.6 is 22.7 Å². The third-order valence-electron chi connectivity index (χ3n) is 5.76. The second kappa shape index (κ2) is 9.32. The van der Waals surface area contributed by atoms with E-state index in [0.717, 1.165) is 29.7 Å². The zero-order chi connectivity index (χ0) is 22.0. The monoisotopic (exact) mass is 459 g/mol. The van der Waals surface area contributed by atoms with Gasteiger partial charge >= 0.3 is 5.97 Å². The van der Waals surface area contributed by atoms with Crippen LogP contribution in [0.3, 0.4) is 0 Å². The van der Waals surface area contributed by atoms with E-state index in [1.807, 2.05) is 22.9 Å². The average Bonchev–Trinajstić information content (AvgIpc) is 3.41. The molecule has 3 atom stereocenters. The normalized spacial score (nSPS) is 19.8. The Morgan fingerprint density at radius 2 is 2.13 bits per heavy atom. The maximum Gasteiger partial charge on any atom is 0.326 e. The SMILES string of the molecule is CC(OC(=O)Cn1cnc2scc(-c3cccs3)c2c1=O)C(=O)NC1CCCCC1C. The molecule has 0 aliphatic heterocycles. The van der Waals surface area contributed by atoms with Gasteiger partial charge in [0.15, 0.2) is 6.10 Å². The minimum absolute atomic E-state index is 0.117. The number of ether oxygens (including phenoxy) is 1. The number of aromatic nitrogens is 2. The van der Waals surface area contributed by atoms with Crippen molar-refractivity contribution >= 4 is 44.8 Å². The Balaban J connectivity index is 1.43. The highest BCUT2D eigenvalue weighted by Gasteiger charge is 2.26. The van der Waals surface area contributed by atoms with Crippen molar-refractivity contribution in [2.24, 2.45) is 5.92 Å². The van der Waals surface area contributed by atoms with Gasteiger partial charge in [-0.15, -0.1) is 22.7 Å². The second-order valence-corrected chi connectivity index (χ2v) is 9.80. The van der Waals surface area contributed by atoms with E-state index in [0.29, 0.717) is 16.1 Å². The van der Waals surface area contributed by atoms with Gasteiger partial charge in [-0.05, 0) is 37.1 Å². The molecule has 0 bridgehead atoms. The maximum atomic E-state index is 13.0. The molecule has 1 fully saturated rings. The predicted molar refractivity (Wildman–Crippen MR) is 122 cm³/mol. The summed E-state index contributed by atoms with van der Waals surface area (Å²) >= 11 is 2.94. The van der Waals surface area contributed by atoms with Crippen molar-refractivity contribution in [1.82, 2.24) is 14.9 Å². The number of thiophene rings is 2. The summed E-state index contributed by atoms with van der Waals surface area (Å²) in [6, 6.07) is 3.99. The summed E-state index contributed by atoms with van der Waals surface area (Å²) in [4.78, 5) is 43.8. The van der Waals surface area contributed by atoms with Crippen LogP contribution in [0.5, 0.6) is 0 Å². The van der Waals surface area contributed by atoms with Gasteiger partial charge in [0.2, 0.25) is 0 Å². The summed E-state index contributed by atoms with van der Waals surface area (Å²) in [5.41, 5.74) is 0.532. The highest BCUT2D eigenvalue weighted by Crippen LogP contribution is 2.33. The van der Waals surface area contributed by atoms with Crippen LogP contribution in [-0.4, -0.2) is 33.6 Å². The van der Waals surface area contributed by atoms with Crippen molar-refractivity contribution < 1.29 is 14.3 Å². The molecule has 31 heavy (non-hydrogen) atoms. The zero-order valence-corrected chi connectivity index (χ0v) is 19.1. The average molecular weight is 460 g/mol. The van der Waals surface area contributed by atoms with Crippen LogP contribution in [0, 0.1) is 5.92 Å². The summed E-state index contributed by atoms with van der Waals surface area (Å²) in [7, 11) is 0. The van der Waals surface area contributed by atoms with Crippen molar-refractivity contribution in [2.75, 3.05) is 0 Å². The highest BCUT2D eigenvalue weighted by molar-refractivity contribution is 7.18. The summed E-state index contributed by atoms with van der Waals surface area (Å²) in [6.07, 6.45) is 4.75. The van der Waals surface area contributed by atoms with Gasteiger partial charge < -0.3 is 10.1 Å². The molecule has 0 radical (unpaired) electrons. The molecule has 164 valence electrons. The summed E-state index contributed by atoms with van der Waals surface area (Å²) < 4.78 is 6.55. The van der Waals surface area contributed by atoms with Crippen LogP contribution in [0.25, 0.3) is 20.7 Å². The Labute approximate surface area is 188 Å². The number of nitrogens with zero attached hydrogens (tertiary/aromatic N) is 2. The molecule has 4 rings (SSSR count). The van der Waals surface area contributed by atoms with Gasteiger partial charge in [0.25, 0.3) is 11.5 Å². The first kappa shape index (κ1) is 21.7. The molecular formula is C22H25N3O4S2. The van der Waals surface area contributed by atoms with Crippen LogP contribution in [0.4, 0.5) is 0 Å². The van der Waals surface area contributed by atoms with Crippen LogP contribution < -0.4 is 10.9 Å². The lowest BCUT2D eigenvalue weighted by Gasteiger charge is -2.30. The maximum absolute atomic E-state index is 13.0. The largest absolute Gasteiger partial charge is 0.451 e. The first-order chi connectivity index (χ1) is 14.9. The molecule has 0 saturated heterocycles. The molecule has 1 saturated carbocycles. The van der Waals surface area contributed by atoms with Crippen molar-refractivity contribution in [1.29, 1.82) is 0 Å². The summed E-state index contributed by atoms with van der Waals surface area (Å²) in [5, 5.41) is 7.36. The fourth-order valence-electron chi connectivity index (χ4n) is 3.95. The summed E-state index contributed by atoms with van der Waals surface area (Å²) in [6.45, 7) is 3.39. The number of amides is 1. The smallest absolute Gasteiger partial charge is 0.326 e. The molecule has 9 heteroatoms. The van der Waals surface area contributed by atoms with Crippen molar-refractivity contribution in [3.63, 3.8) is 0 Å². The minimum Gasteiger partial charge on any atom is -0.451 e. The summed E-state index contributed by atoms with van der Waals surface area (Å²) in [5.74, 6) is -0.526. The van der Waals surface area contributed by atoms with Crippen molar-refractivity contribution in [3.05, 3.63) is 39.6 Å². The number of rotatable bonds is 6. The van der Waals surface area contributed by atoms with Crippen LogP contribution in [0.15, 0.2) is 34.0 Å².